The molecule has 0 aromatic carbocycles. The number of rotatable bonds is 3. The van der Waals surface area contributed by atoms with Gasteiger partial charge in [0, 0.05) is 23.7 Å². The van der Waals surface area contributed by atoms with Gasteiger partial charge in [0.2, 0.25) is 6.10 Å². The molecule has 1 atom stereocenters. The maximum Gasteiger partial charge on any atom is 0.421 e. The van der Waals surface area contributed by atoms with Gasteiger partial charge in [-0.05, 0) is 19.3 Å². The third-order valence-corrected chi connectivity index (χ3v) is 3.87. The number of hydrogen-bond acceptors (Lipinski definition) is 4. The van der Waals surface area contributed by atoms with Crippen molar-refractivity contribution in [3.8, 4) is 0 Å². The van der Waals surface area contributed by atoms with Gasteiger partial charge in [-0.25, -0.2) is 4.98 Å². The molecule has 114 valence electrons. The Balaban J connectivity index is 1.97. The number of imidazole rings is 1. The molecule has 2 heterocycles. The number of hydrogen-bond donors (Lipinski definition) is 3. The summed E-state index contributed by atoms with van der Waals surface area (Å²) in [4.78, 5) is 3.60. The van der Waals surface area contributed by atoms with Crippen LogP contribution in [0.2, 0.25) is 0 Å². The van der Waals surface area contributed by atoms with Crippen LogP contribution in [-0.4, -0.2) is 31.7 Å². The topological polar surface area (TPSA) is 82.1 Å². The second-order valence-corrected chi connectivity index (χ2v) is 5.36. The zero-order chi connectivity index (χ0) is 15.4. The van der Waals surface area contributed by atoms with Crippen LogP contribution in [0.15, 0.2) is 11.8 Å². The Labute approximate surface area is 118 Å². The average molecular weight is 301 g/mol. The standard InChI is InChI=1S/C13H14F3N3O2/c14-13(15,16)11(21)12-18-5-8-10(20)7(3-4-19(8)12)9(17)6-1-2-6/h5-6,11,17,20-21H,1-4H2/t11-/m0/s1. The Morgan fingerprint density at radius 1 is 1.43 bits per heavy atom. The molecule has 5 nitrogen and oxygen atoms in total. The second kappa shape index (κ2) is 4.59. The lowest BCUT2D eigenvalue weighted by Gasteiger charge is -2.22. The van der Waals surface area contributed by atoms with E-state index in [-0.39, 0.29) is 30.3 Å². The zero-order valence-electron chi connectivity index (χ0n) is 11.0. The van der Waals surface area contributed by atoms with E-state index in [1.807, 2.05) is 0 Å². The molecule has 8 heteroatoms. The predicted molar refractivity (Wildman–Crippen MR) is 67.9 cm³/mol. The lowest BCUT2D eigenvalue weighted by atomic mass is 9.98. The van der Waals surface area contributed by atoms with Crippen LogP contribution in [-0.2, 0) is 6.54 Å². The molecule has 0 saturated heterocycles. The van der Waals surface area contributed by atoms with Crippen molar-refractivity contribution >= 4 is 11.5 Å². The van der Waals surface area contributed by atoms with E-state index in [9.17, 15) is 23.4 Å². The predicted octanol–water partition coefficient (Wildman–Crippen LogP) is 2.58. The Hall–Kier alpha value is -1.83. The third-order valence-electron chi connectivity index (χ3n) is 3.87. The van der Waals surface area contributed by atoms with Crippen LogP contribution in [0.3, 0.4) is 0 Å². The van der Waals surface area contributed by atoms with E-state index in [0.29, 0.717) is 11.3 Å². The van der Waals surface area contributed by atoms with Crippen molar-refractivity contribution < 1.29 is 23.4 Å². The molecule has 0 radical (unpaired) electrons. The minimum atomic E-state index is -4.80. The van der Waals surface area contributed by atoms with E-state index < -0.39 is 18.1 Å². The molecule has 1 aliphatic carbocycles. The number of alkyl halides is 3. The number of nitrogens with zero attached hydrogens (tertiary/aromatic N) is 2. The first kappa shape index (κ1) is 14.1. The Bertz CT molecular complexity index is 629. The molecule has 0 amide bonds. The molecule has 3 N–H and O–H groups in total. The molecule has 1 aromatic rings. The Morgan fingerprint density at radius 2 is 2.10 bits per heavy atom. The van der Waals surface area contributed by atoms with Gasteiger partial charge in [0.15, 0.2) is 0 Å². The molecule has 1 fully saturated rings. The van der Waals surface area contributed by atoms with Crippen LogP contribution in [0, 0.1) is 11.3 Å². The quantitative estimate of drug-likeness (QED) is 0.750. The van der Waals surface area contributed by atoms with E-state index in [0.717, 1.165) is 23.6 Å². The van der Waals surface area contributed by atoms with Crippen molar-refractivity contribution in [1.29, 1.82) is 5.41 Å². The summed E-state index contributed by atoms with van der Waals surface area (Å²) >= 11 is 0. The highest BCUT2D eigenvalue weighted by atomic mass is 19.4. The second-order valence-electron chi connectivity index (χ2n) is 5.36. The summed E-state index contributed by atoms with van der Waals surface area (Å²) in [6.45, 7) is 0.159. The molecule has 0 unspecified atom stereocenters. The molecular weight excluding hydrogens is 287 g/mol. The van der Waals surface area contributed by atoms with Crippen LogP contribution in [0.25, 0.3) is 5.76 Å². The number of fused-ring (bicyclic) bond motifs is 1. The van der Waals surface area contributed by atoms with Gasteiger partial charge in [-0.15, -0.1) is 0 Å². The summed E-state index contributed by atoms with van der Waals surface area (Å²) in [6.07, 6.45) is -4.29. The van der Waals surface area contributed by atoms with Crippen LogP contribution in [0.1, 0.15) is 36.9 Å². The van der Waals surface area contributed by atoms with Gasteiger partial charge >= 0.3 is 6.18 Å². The van der Waals surface area contributed by atoms with Gasteiger partial charge in [0.1, 0.15) is 17.3 Å². The van der Waals surface area contributed by atoms with Crippen LogP contribution < -0.4 is 0 Å². The smallest absolute Gasteiger partial charge is 0.421 e. The lowest BCUT2D eigenvalue weighted by molar-refractivity contribution is -0.209. The Morgan fingerprint density at radius 3 is 2.67 bits per heavy atom. The fraction of sp³-hybridized carbons (Fsp3) is 0.538. The van der Waals surface area contributed by atoms with E-state index in [1.165, 1.54) is 0 Å². The highest BCUT2D eigenvalue weighted by molar-refractivity contribution is 6.05. The number of aromatic nitrogens is 2. The van der Waals surface area contributed by atoms with Gasteiger partial charge in [-0.3, -0.25) is 0 Å². The molecule has 2 aliphatic rings. The van der Waals surface area contributed by atoms with Crippen molar-refractivity contribution in [2.75, 3.05) is 0 Å². The molecule has 3 rings (SSSR count). The van der Waals surface area contributed by atoms with Crippen LogP contribution in [0.4, 0.5) is 13.2 Å². The molecule has 21 heavy (non-hydrogen) atoms. The van der Waals surface area contributed by atoms with Crippen molar-refractivity contribution in [2.45, 2.75) is 38.1 Å². The molecule has 0 bridgehead atoms. The first-order valence-corrected chi connectivity index (χ1v) is 6.62. The highest BCUT2D eigenvalue weighted by Gasteiger charge is 2.43. The van der Waals surface area contributed by atoms with Gasteiger partial charge in [0.25, 0.3) is 0 Å². The minimum absolute atomic E-state index is 0.125. The zero-order valence-corrected chi connectivity index (χ0v) is 11.0. The molecular formula is C13H14F3N3O2. The summed E-state index contributed by atoms with van der Waals surface area (Å²) in [5.41, 5.74) is 0.954. The van der Waals surface area contributed by atoms with Crippen molar-refractivity contribution in [1.82, 2.24) is 9.55 Å². The summed E-state index contributed by atoms with van der Waals surface area (Å²) in [6, 6.07) is 0. The SMILES string of the molecule is N=C(C1=C(O)c2cnc([C@H](O)C(F)(F)F)n2CC1)C1CC1. The number of aliphatic hydroxyl groups excluding tert-OH is 2. The molecule has 0 spiro atoms. The van der Waals surface area contributed by atoms with Gasteiger partial charge < -0.3 is 20.2 Å². The van der Waals surface area contributed by atoms with Crippen molar-refractivity contribution in [2.24, 2.45) is 5.92 Å². The number of aliphatic hydroxyl groups is 2. The first-order chi connectivity index (χ1) is 9.80. The fourth-order valence-corrected chi connectivity index (χ4v) is 2.56. The maximum absolute atomic E-state index is 12.6. The fourth-order valence-electron chi connectivity index (χ4n) is 2.56. The van der Waals surface area contributed by atoms with E-state index in [4.69, 9.17) is 5.41 Å². The molecule has 1 aliphatic heterocycles. The number of halogens is 3. The lowest BCUT2D eigenvalue weighted by Crippen LogP contribution is -2.26. The van der Waals surface area contributed by atoms with E-state index in [1.54, 1.807) is 0 Å². The third kappa shape index (κ3) is 2.33. The van der Waals surface area contributed by atoms with E-state index >= 15 is 0 Å². The molecule has 1 saturated carbocycles. The molecule has 1 aromatic heterocycles. The van der Waals surface area contributed by atoms with Gasteiger partial charge in [0.05, 0.1) is 6.20 Å². The summed E-state index contributed by atoms with van der Waals surface area (Å²) in [7, 11) is 0. The summed E-state index contributed by atoms with van der Waals surface area (Å²) in [5, 5.41) is 27.5. The van der Waals surface area contributed by atoms with E-state index in [2.05, 4.69) is 4.98 Å². The maximum atomic E-state index is 12.6. The van der Waals surface area contributed by atoms with Gasteiger partial charge in [-0.1, -0.05) is 0 Å². The largest absolute Gasteiger partial charge is 0.505 e. The van der Waals surface area contributed by atoms with Gasteiger partial charge in [-0.2, -0.15) is 13.2 Å². The van der Waals surface area contributed by atoms with Crippen molar-refractivity contribution in [3.63, 3.8) is 0 Å². The van der Waals surface area contributed by atoms with Crippen molar-refractivity contribution in [3.05, 3.63) is 23.3 Å². The normalized spacial score (nSPS) is 20.4. The minimum Gasteiger partial charge on any atom is -0.505 e. The van der Waals surface area contributed by atoms with Crippen LogP contribution >= 0.6 is 0 Å². The first-order valence-electron chi connectivity index (χ1n) is 6.62. The average Bonchev–Trinajstić information content (AvgIpc) is 3.17. The summed E-state index contributed by atoms with van der Waals surface area (Å²) < 4.78 is 38.9. The number of nitrogens with one attached hydrogen (secondary N) is 1. The monoisotopic (exact) mass is 301 g/mol. The summed E-state index contributed by atoms with van der Waals surface area (Å²) in [5.74, 6) is -0.579. The highest BCUT2D eigenvalue weighted by Crippen LogP contribution is 2.39. The Kier molecular flexibility index (Phi) is 3.09. The van der Waals surface area contributed by atoms with Crippen LogP contribution in [0.5, 0.6) is 0 Å². The number of allylic oxidation sites excluding steroid dienone is 1.